The third-order valence-electron chi connectivity index (χ3n) is 5.97. The summed E-state index contributed by atoms with van der Waals surface area (Å²) in [5, 5.41) is 0. The number of fused-ring (bicyclic) bond motifs is 1. The highest BCUT2D eigenvalue weighted by atomic mass is 16.2. The molecule has 5 nitrogen and oxygen atoms in total. The summed E-state index contributed by atoms with van der Waals surface area (Å²) < 4.78 is 0. The zero-order valence-electron chi connectivity index (χ0n) is 16.4. The molecule has 2 amide bonds. The Morgan fingerprint density at radius 1 is 0.786 bits per heavy atom. The van der Waals surface area contributed by atoms with Crippen molar-refractivity contribution in [3.8, 4) is 0 Å². The van der Waals surface area contributed by atoms with Crippen molar-refractivity contribution in [2.75, 3.05) is 32.7 Å². The summed E-state index contributed by atoms with van der Waals surface area (Å²) in [6.07, 6.45) is 0.925. The van der Waals surface area contributed by atoms with Crippen LogP contribution in [0.1, 0.15) is 28.4 Å². The smallest absolute Gasteiger partial charge is 0.253 e. The summed E-state index contributed by atoms with van der Waals surface area (Å²) in [6.45, 7) is 6.27. The first-order valence-electron chi connectivity index (χ1n) is 10.1. The summed E-state index contributed by atoms with van der Waals surface area (Å²) in [6, 6.07) is 17.6. The Bertz CT molecular complexity index is 844. The maximum atomic E-state index is 13.0. The van der Waals surface area contributed by atoms with E-state index in [2.05, 4.69) is 23.1 Å². The van der Waals surface area contributed by atoms with Crippen LogP contribution < -0.4 is 0 Å². The standard InChI is InChI=1S/C23H27N3O2/c1-18(22(27)26-12-11-19-7-5-6-10-21(19)17-26)24-13-15-25(16-14-24)23(28)20-8-3-2-4-9-20/h2-10,18H,11-17H2,1H3/t18-/m1/s1. The molecule has 0 aromatic heterocycles. The highest BCUT2D eigenvalue weighted by Gasteiger charge is 2.31. The first-order valence-corrected chi connectivity index (χ1v) is 10.1. The van der Waals surface area contributed by atoms with Gasteiger partial charge in [0.15, 0.2) is 0 Å². The predicted octanol–water partition coefficient (Wildman–Crippen LogP) is 2.42. The van der Waals surface area contributed by atoms with Crippen LogP contribution in [0.4, 0.5) is 0 Å². The van der Waals surface area contributed by atoms with Crippen molar-refractivity contribution in [1.29, 1.82) is 0 Å². The van der Waals surface area contributed by atoms with Crippen LogP contribution in [-0.4, -0.2) is 65.3 Å². The molecule has 0 radical (unpaired) electrons. The molecule has 5 heteroatoms. The molecule has 0 saturated carbocycles. The molecule has 2 aromatic rings. The Morgan fingerprint density at radius 2 is 1.43 bits per heavy atom. The minimum absolute atomic E-state index is 0.0758. The van der Waals surface area contributed by atoms with E-state index < -0.39 is 0 Å². The molecular weight excluding hydrogens is 350 g/mol. The van der Waals surface area contributed by atoms with E-state index in [9.17, 15) is 9.59 Å². The minimum atomic E-state index is -0.153. The fraction of sp³-hybridized carbons (Fsp3) is 0.391. The average Bonchev–Trinajstić information content (AvgIpc) is 2.78. The zero-order valence-corrected chi connectivity index (χ0v) is 16.4. The molecule has 0 unspecified atom stereocenters. The molecule has 4 rings (SSSR count). The minimum Gasteiger partial charge on any atom is -0.337 e. The van der Waals surface area contributed by atoms with Crippen LogP contribution in [0.3, 0.4) is 0 Å². The molecule has 1 saturated heterocycles. The molecule has 2 aliphatic rings. The lowest BCUT2D eigenvalue weighted by Gasteiger charge is -2.39. The molecule has 0 bridgehead atoms. The highest BCUT2D eigenvalue weighted by Crippen LogP contribution is 2.20. The molecule has 0 spiro atoms. The van der Waals surface area contributed by atoms with Gasteiger partial charge in [-0.05, 0) is 36.6 Å². The number of carbonyl (C=O) groups excluding carboxylic acids is 2. The van der Waals surface area contributed by atoms with Gasteiger partial charge in [0, 0.05) is 44.8 Å². The Balaban J connectivity index is 1.33. The van der Waals surface area contributed by atoms with Gasteiger partial charge in [-0.15, -0.1) is 0 Å². The molecular formula is C23H27N3O2. The van der Waals surface area contributed by atoms with E-state index in [0.717, 1.165) is 31.6 Å². The second kappa shape index (κ2) is 8.15. The third kappa shape index (κ3) is 3.80. The van der Waals surface area contributed by atoms with Crippen LogP contribution in [0.2, 0.25) is 0 Å². The van der Waals surface area contributed by atoms with Crippen molar-refractivity contribution < 1.29 is 9.59 Å². The molecule has 1 fully saturated rings. The van der Waals surface area contributed by atoms with Gasteiger partial charge in [-0.1, -0.05) is 42.5 Å². The number of piperazine rings is 1. The van der Waals surface area contributed by atoms with E-state index in [1.54, 1.807) is 0 Å². The molecule has 2 aliphatic heterocycles. The van der Waals surface area contributed by atoms with Crippen molar-refractivity contribution >= 4 is 11.8 Å². The largest absolute Gasteiger partial charge is 0.337 e. The fourth-order valence-electron chi connectivity index (χ4n) is 4.18. The SMILES string of the molecule is C[C@H](C(=O)N1CCc2ccccc2C1)N1CCN(C(=O)c2ccccc2)CC1. The Morgan fingerprint density at radius 3 is 2.14 bits per heavy atom. The van der Waals surface area contributed by atoms with Crippen LogP contribution in [0.15, 0.2) is 54.6 Å². The molecule has 0 N–H and O–H groups in total. The van der Waals surface area contributed by atoms with Crippen molar-refractivity contribution in [1.82, 2.24) is 14.7 Å². The highest BCUT2D eigenvalue weighted by molar-refractivity contribution is 5.94. The Hall–Kier alpha value is -2.66. The van der Waals surface area contributed by atoms with Crippen molar-refractivity contribution in [3.63, 3.8) is 0 Å². The normalized spacial score (nSPS) is 18.5. The maximum Gasteiger partial charge on any atom is 0.253 e. The molecule has 1 atom stereocenters. The topological polar surface area (TPSA) is 43.9 Å². The average molecular weight is 377 g/mol. The van der Waals surface area contributed by atoms with Gasteiger partial charge in [0.05, 0.1) is 6.04 Å². The van der Waals surface area contributed by atoms with E-state index >= 15 is 0 Å². The van der Waals surface area contributed by atoms with Gasteiger partial charge < -0.3 is 9.80 Å². The van der Waals surface area contributed by atoms with E-state index in [-0.39, 0.29) is 17.9 Å². The summed E-state index contributed by atoms with van der Waals surface area (Å²) in [4.78, 5) is 31.7. The number of carbonyl (C=O) groups is 2. The zero-order chi connectivity index (χ0) is 19.5. The molecule has 0 aliphatic carbocycles. The quantitative estimate of drug-likeness (QED) is 0.825. The Labute approximate surface area is 166 Å². The summed E-state index contributed by atoms with van der Waals surface area (Å²) >= 11 is 0. The fourth-order valence-corrected chi connectivity index (χ4v) is 4.18. The van der Waals surface area contributed by atoms with Gasteiger partial charge in [0.25, 0.3) is 5.91 Å². The molecule has 28 heavy (non-hydrogen) atoms. The second-order valence-electron chi connectivity index (χ2n) is 7.65. The first kappa shape index (κ1) is 18.7. The van der Waals surface area contributed by atoms with E-state index in [0.29, 0.717) is 19.6 Å². The molecule has 2 heterocycles. The first-order chi connectivity index (χ1) is 13.6. The number of nitrogens with zero attached hydrogens (tertiary/aromatic N) is 3. The van der Waals surface area contributed by atoms with Gasteiger partial charge in [0.1, 0.15) is 0 Å². The van der Waals surface area contributed by atoms with Gasteiger partial charge >= 0.3 is 0 Å². The van der Waals surface area contributed by atoms with Crippen molar-refractivity contribution in [3.05, 3.63) is 71.3 Å². The molecule has 146 valence electrons. The predicted molar refractivity (Wildman–Crippen MR) is 109 cm³/mol. The van der Waals surface area contributed by atoms with Gasteiger partial charge in [-0.3, -0.25) is 14.5 Å². The summed E-state index contributed by atoms with van der Waals surface area (Å²) in [5.74, 6) is 0.268. The van der Waals surface area contributed by atoms with Crippen molar-refractivity contribution in [2.24, 2.45) is 0 Å². The third-order valence-corrected chi connectivity index (χ3v) is 5.97. The maximum absolute atomic E-state index is 13.0. The monoisotopic (exact) mass is 377 g/mol. The van der Waals surface area contributed by atoms with E-state index in [1.165, 1.54) is 11.1 Å². The van der Waals surface area contributed by atoms with Crippen molar-refractivity contribution in [2.45, 2.75) is 25.9 Å². The summed E-state index contributed by atoms with van der Waals surface area (Å²) in [5.41, 5.74) is 3.34. The van der Waals surface area contributed by atoms with Crippen LogP contribution in [0.25, 0.3) is 0 Å². The van der Waals surface area contributed by atoms with Crippen LogP contribution in [0.5, 0.6) is 0 Å². The number of benzene rings is 2. The number of amides is 2. The van der Waals surface area contributed by atoms with Crippen LogP contribution >= 0.6 is 0 Å². The van der Waals surface area contributed by atoms with Gasteiger partial charge in [-0.25, -0.2) is 0 Å². The van der Waals surface area contributed by atoms with Crippen LogP contribution in [-0.2, 0) is 17.8 Å². The lowest BCUT2D eigenvalue weighted by Crippen LogP contribution is -2.55. The molecule has 2 aromatic carbocycles. The van der Waals surface area contributed by atoms with E-state index in [1.807, 2.05) is 53.1 Å². The second-order valence-corrected chi connectivity index (χ2v) is 7.65. The summed E-state index contributed by atoms with van der Waals surface area (Å²) in [7, 11) is 0. The lowest BCUT2D eigenvalue weighted by molar-refractivity contribution is -0.137. The number of hydrogen-bond donors (Lipinski definition) is 0. The van der Waals surface area contributed by atoms with Gasteiger partial charge in [-0.2, -0.15) is 0 Å². The number of hydrogen-bond acceptors (Lipinski definition) is 3. The van der Waals surface area contributed by atoms with E-state index in [4.69, 9.17) is 0 Å². The van der Waals surface area contributed by atoms with Gasteiger partial charge in [0.2, 0.25) is 5.91 Å². The van der Waals surface area contributed by atoms with Crippen LogP contribution in [0, 0.1) is 0 Å². The number of rotatable bonds is 3. The Kier molecular flexibility index (Phi) is 5.44. The lowest BCUT2D eigenvalue weighted by atomic mass is 9.99.